The van der Waals surface area contributed by atoms with E-state index in [2.05, 4.69) is 6.92 Å². The first-order valence-electron chi connectivity index (χ1n) is 5.15. The predicted octanol–water partition coefficient (Wildman–Crippen LogP) is 1.96. The Balaban J connectivity index is 1.95. The molecule has 0 N–H and O–H groups in total. The van der Waals surface area contributed by atoms with Crippen molar-refractivity contribution in [2.45, 2.75) is 26.2 Å². The van der Waals surface area contributed by atoms with Gasteiger partial charge >= 0.3 is 0 Å². The molecule has 0 aromatic rings. The van der Waals surface area contributed by atoms with Crippen molar-refractivity contribution in [2.24, 2.45) is 11.8 Å². The second-order valence-corrected chi connectivity index (χ2v) is 5.23. The minimum absolute atomic E-state index is 0.346. The first-order valence-corrected chi connectivity index (χ1v) is 6.31. The van der Waals surface area contributed by atoms with E-state index in [0.717, 1.165) is 24.6 Å². The Morgan fingerprint density at radius 3 is 2.85 bits per heavy atom. The topological polar surface area (TPSA) is 20.3 Å². The van der Waals surface area contributed by atoms with Crippen molar-refractivity contribution in [1.29, 1.82) is 0 Å². The molecule has 1 aliphatic carbocycles. The first-order chi connectivity index (χ1) is 6.29. The summed E-state index contributed by atoms with van der Waals surface area (Å²) in [5, 5.41) is 0. The molecule has 0 aromatic heterocycles. The average molecular weight is 199 g/mol. The molecule has 1 saturated carbocycles. The highest BCUT2D eigenvalue weighted by Crippen LogP contribution is 2.33. The van der Waals surface area contributed by atoms with Crippen LogP contribution in [0.3, 0.4) is 0 Å². The van der Waals surface area contributed by atoms with Gasteiger partial charge in [-0.25, -0.2) is 0 Å². The zero-order valence-electron chi connectivity index (χ0n) is 8.16. The van der Waals surface area contributed by atoms with Crippen LogP contribution in [-0.4, -0.2) is 29.0 Å². The van der Waals surface area contributed by atoms with Gasteiger partial charge in [0.25, 0.3) is 0 Å². The molecule has 74 valence electrons. The summed E-state index contributed by atoms with van der Waals surface area (Å²) in [5.74, 6) is 3.46. The van der Waals surface area contributed by atoms with Crippen LogP contribution in [0.5, 0.6) is 0 Å². The molecule has 2 fully saturated rings. The highest BCUT2D eigenvalue weighted by Gasteiger charge is 2.33. The van der Waals surface area contributed by atoms with Gasteiger partial charge in [0.2, 0.25) is 5.91 Å². The minimum atomic E-state index is 0.346. The van der Waals surface area contributed by atoms with Crippen LogP contribution in [0.15, 0.2) is 0 Å². The Labute approximate surface area is 84.1 Å². The van der Waals surface area contributed by atoms with E-state index >= 15 is 0 Å². The van der Waals surface area contributed by atoms with E-state index < -0.39 is 0 Å². The standard InChI is InChI=1S/C10H17NOS/c1-8-3-2-4-9(8)10(12)11-5-6-13-7-11/h8-9H,2-7H2,1H3. The molecule has 13 heavy (non-hydrogen) atoms. The molecule has 2 rings (SSSR count). The van der Waals surface area contributed by atoms with Crippen molar-refractivity contribution in [3.05, 3.63) is 0 Å². The summed E-state index contributed by atoms with van der Waals surface area (Å²) < 4.78 is 0. The quantitative estimate of drug-likeness (QED) is 0.643. The lowest BCUT2D eigenvalue weighted by Crippen LogP contribution is -2.34. The van der Waals surface area contributed by atoms with E-state index in [4.69, 9.17) is 0 Å². The lowest BCUT2D eigenvalue weighted by molar-refractivity contribution is -0.134. The Bertz CT molecular complexity index is 201. The SMILES string of the molecule is CC1CCCC1C(=O)N1CCSC1. The Kier molecular flexibility index (Phi) is 2.82. The third kappa shape index (κ3) is 1.85. The molecule has 1 aliphatic heterocycles. The lowest BCUT2D eigenvalue weighted by Gasteiger charge is -2.21. The molecule has 0 bridgehead atoms. The molecule has 0 spiro atoms. The van der Waals surface area contributed by atoms with Crippen molar-refractivity contribution in [1.82, 2.24) is 4.90 Å². The number of carbonyl (C=O) groups is 1. The Hall–Kier alpha value is -0.180. The maximum absolute atomic E-state index is 12.0. The first kappa shape index (κ1) is 9.38. The van der Waals surface area contributed by atoms with Crippen molar-refractivity contribution < 1.29 is 4.79 Å². The summed E-state index contributed by atoms with van der Waals surface area (Å²) in [6.45, 7) is 3.20. The number of nitrogens with zero attached hydrogens (tertiary/aromatic N) is 1. The van der Waals surface area contributed by atoms with Crippen LogP contribution in [0.2, 0.25) is 0 Å². The van der Waals surface area contributed by atoms with Crippen LogP contribution >= 0.6 is 11.8 Å². The predicted molar refractivity (Wildman–Crippen MR) is 55.5 cm³/mol. The molecule has 2 unspecified atom stereocenters. The highest BCUT2D eigenvalue weighted by molar-refractivity contribution is 7.99. The third-order valence-corrected chi connectivity index (χ3v) is 4.21. The number of hydrogen-bond acceptors (Lipinski definition) is 2. The Morgan fingerprint density at radius 2 is 2.31 bits per heavy atom. The number of amides is 1. The van der Waals surface area contributed by atoms with E-state index in [-0.39, 0.29) is 0 Å². The second kappa shape index (κ2) is 3.91. The minimum Gasteiger partial charge on any atom is -0.332 e. The maximum Gasteiger partial charge on any atom is 0.226 e. The summed E-state index contributed by atoms with van der Waals surface area (Å²) in [5.41, 5.74) is 0. The number of hydrogen-bond donors (Lipinski definition) is 0. The summed E-state index contributed by atoms with van der Waals surface area (Å²) >= 11 is 1.88. The van der Waals surface area contributed by atoms with E-state index in [1.165, 1.54) is 12.8 Å². The molecular weight excluding hydrogens is 182 g/mol. The third-order valence-electron chi connectivity index (χ3n) is 3.24. The van der Waals surface area contributed by atoms with E-state index in [0.29, 0.717) is 17.7 Å². The maximum atomic E-state index is 12.0. The average Bonchev–Trinajstić information content (AvgIpc) is 2.72. The molecule has 0 aromatic carbocycles. The molecule has 2 nitrogen and oxygen atoms in total. The van der Waals surface area contributed by atoms with Gasteiger partial charge in [-0.1, -0.05) is 13.3 Å². The van der Waals surface area contributed by atoms with Crippen molar-refractivity contribution >= 4 is 17.7 Å². The molecule has 2 aliphatic rings. The van der Waals surface area contributed by atoms with E-state index in [1.54, 1.807) is 0 Å². The molecular formula is C10H17NOS. The molecule has 1 amide bonds. The summed E-state index contributed by atoms with van der Waals surface area (Å²) in [4.78, 5) is 14.0. The summed E-state index contributed by atoms with van der Waals surface area (Å²) in [6, 6.07) is 0. The van der Waals surface area contributed by atoms with Crippen LogP contribution < -0.4 is 0 Å². The van der Waals surface area contributed by atoms with Gasteiger partial charge in [-0.05, 0) is 18.8 Å². The van der Waals surface area contributed by atoms with Crippen molar-refractivity contribution in [2.75, 3.05) is 18.2 Å². The van der Waals surface area contributed by atoms with Crippen LogP contribution in [0.25, 0.3) is 0 Å². The summed E-state index contributed by atoms with van der Waals surface area (Å²) in [6.07, 6.45) is 3.62. The lowest BCUT2D eigenvalue weighted by atomic mass is 9.97. The highest BCUT2D eigenvalue weighted by atomic mass is 32.2. The monoisotopic (exact) mass is 199 g/mol. The van der Waals surface area contributed by atoms with Crippen LogP contribution in [0, 0.1) is 11.8 Å². The van der Waals surface area contributed by atoms with Crippen LogP contribution in [0.1, 0.15) is 26.2 Å². The fourth-order valence-electron chi connectivity index (χ4n) is 2.33. The number of carbonyl (C=O) groups excluding carboxylic acids is 1. The fourth-order valence-corrected chi connectivity index (χ4v) is 3.29. The fraction of sp³-hybridized carbons (Fsp3) is 0.900. The smallest absolute Gasteiger partial charge is 0.226 e. The number of rotatable bonds is 1. The van der Waals surface area contributed by atoms with Crippen LogP contribution in [0.4, 0.5) is 0 Å². The van der Waals surface area contributed by atoms with Gasteiger partial charge < -0.3 is 4.90 Å². The largest absolute Gasteiger partial charge is 0.332 e. The molecule has 1 saturated heterocycles. The number of thioether (sulfide) groups is 1. The van der Waals surface area contributed by atoms with Gasteiger partial charge in [0.05, 0.1) is 5.88 Å². The van der Waals surface area contributed by atoms with Gasteiger partial charge in [-0.15, -0.1) is 11.8 Å². The molecule has 1 heterocycles. The van der Waals surface area contributed by atoms with E-state index in [9.17, 15) is 4.79 Å². The molecule has 3 heteroatoms. The zero-order chi connectivity index (χ0) is 9.26. The van der Waals surface area contributed by atoms with Crippen molar-refractivity contribution in [3.8, 4) is 0 Å². The molecule has 2 atom stereocenters. The van der Waals surface area contributed by atoms with Gasteiger partial charge in [-0.2, -0.15) is 0 Å². The van der Waals surface area contributed by atoms with Gasteiger partial charge in [-0.3, -0.25) is 4.79 Å². The molecule has 0 radical (unpaired) electrons. The van der Waals surface area contributed by atoms with E-state index in [1.807, 2.05) is 16.7 Å². The van der Waals surface area contributed by atoms with Gasteiger partial charge in [0, 0.05) is 18.2 Å². The normalized spacial score (nSPS) is 34.1. The van der Waals surface area contributed by atoms with Gasteiger partial charge in [0.15, 0.2) is 0 Å². The zero-order valence-corrected chi connectivity index (χ0v) is 8.98. The van der Waals surface area contributed by atoms with Gasteiger partial charge in [0.1, 0.15) is 0 Å². The Morgan fingerprint density at radius 1 is 1.46 bits per heavy atom. The van der Waals surface area contributed by atoms with Crippen LogP contribution in [-0.2, 0) is 4.79 Å². The summed E-state index contributed by atoms with van der Waals surface area (Å²) in [7, 11) is 0. The van der Waals surface area contributed by atoms with Crippen molar-refractivity contribution in [3.63, 3.8) is 0 Å². The second-order valence-electron chi connectivity index (χ2n) is 4.15.